The molecule has 0 aromatic heterocycles. The molecule has 18 heteroatoms. The first kappa shape index (κ1) is 36.9. The van der Waals surface area contributed by atoms with Crippen LogP contribution in [0.15, 0.2) is 0 Å². The summed E-state index contributed by atoms with van der Waals surface area (Å²) in [6.45, 7) is -0.851. The number of aliphatic carboxylic acids is 1. The van der Waals surface area contributed by atoms with Crippen molar-refractivity contribution in [1.82, 2.24) is 10.6 Å². The van der Waals surface area contributed by atoms with E-state index in [1.54, 1.807) is 0 Å². The number of aliphatic hydroxyl groups excluding tert-OH is 8. The number of ether oxygens (including phenoxy) is 2. The summed E-state index contributed by atoms with van der Waals surface area (Å²) in [6, 6.07) is -1.15. The van der Waals surface area contributed by atoms with Crippen molar-refractivity contribution in [3.8, 4) is 0 Å². The molecule has 2 fully saturated rings. The molecule has 2 saturated heterocycles. The highest BCUT2D eigenvalue weighted by Crippen LogP contribution is 2.30. The molecule has 0 aromatic rings. The highest BCUT2D eigenvalue weighted by atomic mass is 32.2. The number of carboxylic acid groups (broad SMARTS) is 1. The van der Waals surface area contributed by atoms with Gasteiger partial charge in [0, 0.05) is 30.9 Å². The van der Waals surface area contributed by atoms with Crippen LogP contribution < -0.4 is 10.6 Å². The second-order valence-corrected chi connectivity index (χ2v) is 12.4. The lowest BCUT2D eigenvalue weighted by atomic mass is 10.0. The Morgan fingerprint density at radius 3 is 1.62 bits per heavy atom. The standard InChI is InChI=1S/C24H42N2O14S2/c27-9-12-16(31)18(33)20(35)23(39-12)41-7-4-14(29)25-6-2-1-3-11(22(37)38)26-15(30)5-8-42-24-21(36)19(34)17(32)13(10-28)40-24/h11-13,16-21,23-24,27-28,31-36H,1-10H2,(H,25,29)(H,26,30)(H,37,38)/t11-,12+,13+,16-,17-,18-,19-,20+,21+,23+,24+/m0/s1. The van der Waals surface area contributed by atoms with Gasteiger partial charge in [-0.05, 0) is 19.3 Å². The average molecular weight is 647 g/mol. The van der Waals surface area contributed by atoms with Crippen LogP contribution in [0.5, 0.6) is 0 Å². The summed E-state index contributed by atoms with van der Waals surface area (Å²) in [5.41, 5.74) is -1.92. The number of carboxylic acids is 1. The quantitative estimate of drug-likeness (QED) is 0.0667. The van der Waals surface area contributed by atoms with Crippen LogP contribution in [-0.4, -0.2) is 161 Å². The number of nitrogens with one attached hydrogen (secondary N) is 2. The van der Waals surface area contributed by atoms with Gasteiger partial charge in [-0.25, -0.2) is 4.79 Å². The third-order valence-electron chi connectivity index (χ3n) is 6.79. The minimum atomic E-state index is -1.53. The molecular weight excluding hydrogens is 604 g/mol. The van der Waals surface area contributed by atoms with Crippen LogP contribution in [0, 0.1) is 0 Å². The molecular formula is C24H42N2O14S2. The maximum Gasteiger partial charge on any atom is 0.326 e. The predicted octanol–water partition coefficient (Wildman–Crippen LogP) is -4.31. The Labute approximate surface area is 250 Å². The molecule has 11 N–H and O–H groups in total. The van der Waals surface area contributed by atoms with Crippen LogP contribution >= 0.6 is 23.5 Å². The maximum absolute atomic E-state index is 12.3. The molecule has 244 valence electrons. The van der Waals surface area contributed by atoms with Crippen LogP contribution in [0.4, 0.5) is 0 Å². The second-order valence-electron chi connectivity index (χ2n) is 9.94. The molecule has 0 bridgehead atoms. The van der Waals surface area contributed by atoms with Crippen molar-refractivity contribution in [2.45, 2.75) is 97.8 Å². The highest BCUT2D eigenvalue weighted by molar-refractivity contribution is 8.00. The van der Waals surface area contributed by atoms with Crippen LogP contribution in [0.2, 0.25) is 0 Å². The van der Waals surface area contributed by atoms with Gasteiger partial charge in [0.1, 0.15) is 65.7 Å². The monoisotopic (exact) mass is 646 g/mol. The van der Waals surface area contributed by atoms with Crippen LogP contribution in [0.25, 0.3) is 0 Å². The molecule has 0 radical (unpaired) electrons. The van der Waals surface area contributed by atoms with Gasteiger partial charge in [-0.3, -0.25) is 9.59 Å². The number of hydrogen-bond acceptors (Lipinski definition) is 15. The van der Waals surface area contributed by atoms with E-state index in [-0.39, 0.29) is 43.2 Å². The number of thioether (sulfide) groups is 2. The number of carbonyl (C=O) groups is 3. The average Bonchev–Trinajstić information content (AvgIpc) is 2.96. The molecule has 2 amide bonds. The molecule has 0 unspecified atom stereocenters. The number of hydrogen-bond donors (Lipinski definition) is 11. The van der Waals surface area contributed by atoms with Gasteiger partial charge in [0.15, 0.2) is 0 Å². The third-order valence-corrected chi connectivity index (χ3v) is 9.11. The SMILES string of the molecule is O=C(CCS[C@H]1O[C@H](CO)[C@H](O)[C@H](O)[C@H]1O)NCCCC[C@H](NC(=O)CCS[C@H]1O[C@H](CO)[C@H](O)[C@H](O)[C@H]1O)C(=O)O. The van der Waals surface area contributed by atoms with Gasteiger partial charge in [-0.15, -0.1) is 23.5 Å². The Balaban J connectivity index is 1.61. The Bertz CT molecular complexity index is 856. The number of aliphatic hydroxyl groups is 8. The highest BCUT2D eigenvalue weighted by Gasteiger charge is 2.44. The molecule has 0 saturated carbocycles. The summed E-state index contributed by atoms with van der Waals surface area (Å²) >= 11 is 2.04. The van der Waals surface area contributed by atoms with Crippen molar-refractivity contribution in [2.24, 2.45) is 0 Å². The molecule has 0 aliphatic carbocycles. The van der Waals surface area contributed by atoms with E-state index in [1.807, 2.05) is 0 Å². The summed E-state index contributed by atoms with van der Waals surface area (Å²) in [5, 5.41) is 92.3. The van der Waals surface area contributed by atoms with E-state index in [0.717, 1.165) is 23.5 Å². The zero-order valence-corrected chi connectivity index (χ0v) is 24.4. The van der Waals surface area contributed by atoms with Crippen molar-refractivity contribution >= 4 is 41.3 Å². The van der Waals surface area contributed by atoms with E-state index >= 15 is 0 Å². The lowest BCUT2D eigenvalue weighted by Crippen LogP contribution is -2.57. The van der Waals surface area contributed by atoms with Gasteiger partial charge < -0.3 is 66.1 Å². The van der Waals surface area contributed by atoms with Crippen molar-refractivity contribution < 1.29 is 69.8 Å². The fourth-order valence-corrected chi connectivity index (χ4v) is 6.49. The first-order valence-corrected chi connectivity index (χ1v) is 15.6. The normalized spacial score (nSPS) is 34.0. The minimum absolute atomic E-state index is 0.0641. The van der Waals surface area contributed by atoms with E-state index in [2.05, 4.69) is 10.6 Å². The fraction of sp³-hybridized carbons (Fsp3) is 0.875. The third kappa shape index (κ3) is 11.0. The van der Waals surface area contributed by atoms with E-state index in [0.29, 0.717) is 12.8 Å². The first-order chi connectivity index (χ1) is 19.9. The number of amides is 2. The van der Waals surface area contributed by atoms with Crippen LogP contribution in [-0.2, 0) is 23.9 Å². The molecule has 0 aromatic carbocycles. The van der Waals surface area contributed by atoms with Gasteiger partial charge in [0.2, 0.25) is 11.8 Å². The maximum atomic E-state index is 12.3. The Morgan fingerprint density at radius 2 is 1.17 bits per heavy atom. The first-order valence-electron chi connectivity index (χ1n) is 13.5. The van der Waals surface area contributed by atoms with Gasteiger partial charge in [0.25, 0.3) is 0 Å². The van der Waals surface area contributed by atoms with Crippen LogP contribution in [0.3, 0.4) is 0 Å². The number of carbonyl (C=O) groups excluding carboxylic acids is 2. The lowest BCUT2D eigenvalue weighted by molar-refractivity contribution is -0.205. The fourth-order valence-electron chi connectivity index (χ4n) is 4.26. The summed E-state index contributed by atoms with van der Waals surface area (Å²) in [6.07, 6.45) is -9.98. The second kappa shape index (κ2) is 18.5. The Morgan fingerprint density at radius 1 is 0.690 bits per heavy atom. The predicted molar refractivity (Wildman–Crippen MR) is 148 cm³/mol. The molecule has 2 aliphatic rings. The molecule has 11 atom stereocenters. The van der Waals surface area contributed by atoms with Crippen LogP contribution in [0.1, 0.15) is 32.1 Å². The zero-order chi connectivity index (χ0) is 31.4. The van der Waals surface area contributed by atoms with Gasteiger partial charge in [-0.1, -0.05) is 0 Å². The van der Waals surface area contributed by atoms with Crippen molar-refractivity contribution in [3.05, 3.63) is 0 Å². The lowest BCUT2D eigenvalue weighted by Gasteiger charge is -2.39. The molecule has 42 heavy (non-hydrogen) atoms. The topological polar surface area (TPSA) is 276 Å². The van der Waals surface area contributed by atoms with E-state index < -0.39 is 90.8 Å². The van der Waals surface area contributed by atoms with Gasteiger partial charge in [0.05, 0.1) is 13.2 Å². The molecule has 0 spiro atoms. The summed E-state index contributed by atoms with van der Waals surface area (Å²) in [4.78, 5) is 35.9. The molecule has 16 nitrogen and oxygen atoms in total. The van der Waals surface area contributed by atoms with Crippen molar-refractivity contribution in [1.29, 1.82) is 0 Å². The van der Waals surface area contributed by atoms with Gasteiger partial charge >= 0.3 is 5.97 Å². The zero-order valence-electron chi connectivity index (χ0n) is 22.8. The van der Waals surface area contributed by atoms with E-state index in [9.17, 15) is 60.3 Å². The molecule has 2 aliphatic heterocycles. The van der Waals surface area contributed by atoms with E-state index in [4.69, 9.17) is 9.47 Å². The largest absolute Gasteiger partial charge is 0.480 e. The smallest absolute Gasteiger partial charge is 0.326 e. The molecule has 2 rings (SSSR count). The van der Waals surface area contributed by atoms with Crippen molar-refractivity contribution in [3.63, 3.8) is 0 Å². The van der Waals surface area contributed by atoms with E-state index in [1.165, 1.54) is 0 Å². The Kier molecular flexibility index (Phi) is 16.3. The number of unbranched alkanes of at least 4 members (excludes halogenated alkanes) is 1. The minimum Gasteiger partial charge on any atom is -0.480 e. The summed E-state index contributed by atoms with van der Waals surface area (Å²) in [7, 11) is 0. The van der Waals surface area contributed by atoms with Crippen molar-refractivity contribution in [2.75, 3.05) is 31.3 Å². The summed E-state index contributed by atoms with van der Waals surface area (Å²) in [5.74, 6) is -1.73. The Hall–Kier alpha value is -1.29. The number of rotatable bonds is 17. The molecule has 2 heterocycles. The van der Waals surface area contributed by atoms with Gasteiger partial charge in [-0.2, -0.15) is 0 Å². The summed E-state index contributed by atoms with van der Waals surface area (Å²) < 4.78 is 10.7.